The van der Waals surface area contributed by atoms with E-state index in [0.29, 0.717) is 11.3 Å². The maximum atomic E-state index is 9.95. The van der Waals surface area contributed by atoms with Crippen molar-refractivity contribution in [1.29, 1.82) is 0 Å². The van der Waals surface area contributed by atoms with E-state index in [1.165, 1.54) is 5.56 Å². The van der Waals surface area contributed by atoms with E-state index in [2.05, 4.69) is 53.7 Å². The second kappa shape index (κ2) is 6.63. The number of hydrogen-bond acceptors (Lipinski definition) is 2. The van der Waals surface area contributed by atoms with E-state index in [1.807, 2.05) is 6.07 Å². The molecule has 0 saturated heterocycles. The first-order chi connectivity index (χ1) is 10.9. The van der Waals surface area contributed by atoms with Gasteiger partial charge >= 0.3 is 0 Å². The molecule has 1 fully saturated rings. The molecule has 1 aliphatic carbocycles. The van der Waals surface area contributed by atoms with Crippen LogP contribution >= 0.6 is 11.6 Å². The van der Waals surface area contributed by atoms with E-state index in [4.69, 9.17) is 17.3 Å². The van der Waals surface area contributed by atoms with Gasteiger partial charge in [0.05, 0.1) is 0 Å². The lowest BCUT2D eigenvalue weighted by Crippen LogP contribution is -2.43. The summed E-state index contributed by atoms with van der Waals surface area (Å²) in [5, 5.41) is 10.8. The van der Waals surface area contributed by atoms with Gasteiger partial charge in [0.25, 0.3) is 0 Å². The quantitative estimate of drug-likeness (QED) is 0.788. The molecule has 2 rings (SSSR count). The van der Waals surface area contributed by atoms with Crippen LogP contribution in [0.5, 0.6) is 0 Å². The summed E-state index contributed by atoms with van der Waals surface area (Å²) < 4.78 is 0. The summed E-state index contributed by atoms with van der Waals surface area (Å²) in [5.41, 5.74) is 8.98. The molecule has 0 bridgehead atoms. The molecule has 3 heteroatoms. The predicted octanol–water partition coefficient (Wildman–Crippen LogP) is 5.15. The lowest BCUT2D eigenvalue weighted by molar-refractivity contribution is 0.133. The smallest absolute Gasteiger partial charge is 0.0482 e. The van der Waals surface area contributed by atoms with E-state index in [-0.39, 0.29) is 17.9 Å². The molecule has 1 saturated carbocycles. The van der Waals surface area contributed by atoms with Crippen molar-refractivity contribution in [2.75, 3.05) is 6.61 Å². The third-order valence-corrected chi connectivity index (χ3v) is 6.53. The van der Waals surface area contributed by atoms with Crippen molar-refractivity contribution in [3.05, 3.63) is 34.3 Å². The van der Waals surface area contributed by atoms with Crippen molar-refractivity contribution in [2.24, 2.45) is 28.4 Å². The van der Waals surface area contributed by atoms with Gasteiger partial charge in [-0.15, -0.1) is 0 Å². The fraction of sp³-hybridized carbons (Fsp3) is 0.714. The predicted molar refractivity (Wildman–Crippen MR) is 103 cm³/mol. The minimum absolute atomic E-state index is 0.0593. The average molecular weight is 352 g/mol. The van der Waals surface area contributed by atoms with Crippen LogP contribution in [-0.2, 0) is 12.0 Å². The van der Waals surface area contributed by atoms with Gasteiger partial charge in [0.15, 0.2) is 0 Å². The lowest BCUT2D eigenvalue weighted by Gasteiger charge is -2.33. The zero-order valence-corrected chi connectivity index (χ0v) is 16.9. The molecule has 136 valence electrons. The molecule has 0 aromatic heterocycles. The largest absolute Gasteiger partial charge is 0.396 e. The number of aryl methyl sites for hydroxylation is 1. The van der Waals surface area contributed by atoms with Crippen LogP contribution < -0.4 is 5.73 Å². The molecule has 3 N–H and O–H groups in total. The van der Waals surface area contributed by atoms with E-state index in [9.17, 15) is 5.11 Å². The summed E-state index contributed by atoms with van der Waals surface area (Å²) in [6, 6.07) is 6.29. The Morgan fingerprint density at radius 2 is 1.92 bits per heavy atom. The molecule has 3 atom stereocenters. The molecule has 0 aliphatic heterocycles. The molecule has 0 radical (unpaired) electrons. The molecule has 2 nitrogen and oxygen atoms in total. The molecule has 24 heavy (non-hydrogen) atoms. The van der Waals surface area contributed by atoms with Gasteiger partial charge in [-0.2, -0.15) is 0 Å². The van der Waals surface area contributed by atoms with Gasteiger partial charge in [0, 0.05) is 23.1 Å². The summed E-state index contributed by atoms with van der Waals surface area (Å²) in [5.74, 6) is 0.427. The Balaban J connectivity index is 2.31. The molecule has 0 amide bonds. The topological polar surface area (TPSA) is 46.2 Å². The van der Waals surface area contributed by atoms with Crippen molar-refractivity contribution in [2.45, 2.75) is 66.3 Å². The summed E-state index contributed by atoms with van der Waals surface area (Å²) in [6.45, 7) is 13.6. The SMILES string of the molecule is CC1C(CO)C(N)(c2ccc(CCC(C)(C)C)c(Cl)c2)CC1(C)C. The van der Waals surface area contributed by atoms with Gasteiger partial charge < -0.3 is 10.8 Å². The summed E-state index contributed by atoms with van der Waals surface area (Å²) in [4.78, 5) is 0. The third kappa shape index (κ3) is 3.81. The molecule has 1 aliphatic rings. The van der Waals surface area contributed by atoms with Crippen LogP contribution in [0.3, 0.4) is 0 Å². The number of benzene rings is 1. The van der Waals surface area contributed by atoms with Crippen LogP contribution in [0.25, 0.3) is 0 Å². The monoisotopic (exact) mass is 351 g/mol. The Morgan fingerprint density at radius 1 is 1.29 bits per heavy atom. The molecule has 1 aromatic carbocycles. The van der Waals surface area contributed by atoms with Gasteiger partial charge in [0.2, 0.25) is 0 Å². The summed E-state index contributed by atoms with van der Waals surface area (Å²) in [7, 11) is 0. The van der Waals surface area contributed by atoms with Crippen LogP contribution in [0.15, 0.2) is 18.2 Å². The molecular formula is C21H34ClNO. The van der Waals surface area contributed by atoms with Crippen LogP contribution in [-0.4, -0.2) is 11.7 Å². The fourth-order valence-electron chi connectivity index (χ4n) is 4.22. The van der Waals surface area contributed by atoms with Gasteiger partial charge in [0.1, 0.15) is 0 Å². The maximum Gasteiger partial charge on any atom is 0.0482 e. The Labute approximate surface area is 152 Å². The number of aliphatic hydroxyl groups is 1. The maximum absolute atomic E-state index is 9.95. The third-order valence-electron chi connectivity index (χ3n) is 6.18. The standard InChI is InChI=1S/C21H34ClNO/c1-14-17(12-24)21(23,13-20(14,5)6)16-8-7-15(18(22)11-16)9-10-19(2,3)4/h7-8,11,14,17,24H,9-10,12-13,23H2,1-6H3. The zero-order chi connectivity index (χ0) is 18.3. The molecule has 1 aromatic rings. The summed E-state index contributed by atoms with van der Waals surface area (Å²) in [6.07, 6.45) is 2.94. The summed E-state index contributed by atoms with van der Waals surface area (Å²) >= 11 is 6.58. The van der Waals surface area contributed by atoms with Crippen LogP contribution in [0.1, 0.15) is 65.5 Å². The molecule has 0 heterocycles. The van der Waals surface area contributed by atoms with Crippen molar-refractivity contribution in [3.63, 3.8) is 0 Å². The molecule has 0 spiro atoms. The van der Waals surface area contributed by atoms with Crippen molar-refractivity contribution >= 4 is 11.6 Å². The highest BCUT2D eigenvalue weighted by molar-refractivity contribution is 6.31. The Morgan fingerprint density at radius 3 is 2.42 bits per heavy atom. The van der Waals surface area contributed by atoms with E-state index in [0.717, 1.165) is 29.8 Å². The molecule has 3 unspecified atom stereocenters. The Hall–Kier alpha value is -0.570. The number of aliphatic hydroxyl groups excluding tert-OH is 1. The van der Waals surface area contributed by atoms with Gasteiger partial charge in [-0.05, 0) is 53.2 Å². The van der Waals surface area contributed by atoms with Crippen LogP contribution in [0, 0.1) is 22.7 Å². The van der Waals surface area contributed by atoms with E-state index < -0.39 is 5.54 Å². The van der Waals surface area contributed by atoms with Gasteiger partial charge in [-0.1, -0.05) is 65.3 Å². The van der Waals surface area contributed by atoms with Crippen molar-refractivity contribution in [1.82, 2.24) is 0 Å². The van der Waals surface area contributed by atoms with E-state index in [1.54, 1.807) is 0 Å². The van der Waals surface area contributed by atoms with Crippen molar-refractivity contribution in [3.8, 4) is 0 Å². The van der Waals surface area contributed by atoms with E-state index >= 15 is 0 Å². The van der Waals surface area contributed by atoms with Gasteiger partial charge in [-0.25, -0.2) is 0 Å². The van der Waals surface area contributed by atoms with Crippen LogP contribution in [0.2, 0.25) is 5.02 Å². The number of hydrogen-bond donors (Lipinski definition) is 2. The zero-order valence-electron chi connectivity index (χ0n) is 16.1. The lowest BCUT2D eigenvalue weighted by atomic mass is 9.78. The van der Waals surface area contributed by atoms with Crippen molar-refractivity contribution < 1.29 is 5.11 Å². The minimum Gasteiger partial charge on any atom is -0.396 e. The second-order valence-corrected chi connectivity index (χ2v) is 10.1. The highest BCUT2D eigenvalue weighted by Gasteiger charge is 2.53. The first kappa shape index (κ1) is 19.8. The first-order valence-corrected chi connectivity index (χ1v) is 9.47. The van der Waals surface area contributed by atoms with Crippen LogP contribution in [0.4, 0.5) is 0 Å². The second-order valence-electron chi connectivity index (χ2n) is 9.65. The Bertz CT molecular complexity index is 590. The highest BCUT2D eigenvalue weighted by Crippen LogP contribution is 2.55. The highest BCUT2D eigenvalue weighted by atomic mass is 35.5. The Kier molecular flexibility index (Phi) is 5.45. The van der Waals surface area contributed by atoms with Gasteiger partial charge in [-0.3, -0.25) is 0 Å². The normalized spacial score (nSPS) is 29.9. The fourth-order valence-corrected chi connectivity index (χ4v) is 4.50. The number of halogens is 1. The first-order valence-electron chi connectivity index (χ1n) is 9.09. The minimum atomic E-state index is -0.510. The number of nitrogens with two attached hydrogens (primary N) is 1. The molecular weight excluding hydrogens is 318 g/mol. The average Bonchev–Trinajstić information content (AvgIpc) is 2.62. The number of rotatable bonds is 4.